The number of para-hydroxylation sites is 1. The van der Waals surface area contributed by atoms with Gasteiger partial charge in [-0.2, -0.15) is 0 Å². The zero-order valence-corrected chi connectivity index (χ0v) is 10.3. The molecule has 1 aromatic carbocycles. The highest BCUT2D eigenvalue weighted by Gasteiger charge is 2.13. The molecule has 4 rings (SSSR count). The number of aromatic nitrogens is 3. The average molecular weight is 257 g/mol. The molecule has 0 bridgehead atoms. The maximum Gasteiger partial charge on any atom is 0.217 e. The first kappa shape index (κ1) is 9.32. The number of thiazole rings is 1. The predicted molar refractivity (Wildman–Crippen MR) is 71.7 cm³/mol. The van der Waals surface area contributed by atoms with Gasteiger partial charge in [-0.25, -0.2) is 0 Å². The molecule has 0 radical (unpaired) electrons. The molecular weight excluding hydrogens is 250 g/mol. The van der Waals surface area contributed by atoms with Crippen LogP contribution in [0.1, 0.15) is 0 Å². The van der Waals surface area contributed by atoms with Crippen LogP contribution in [0.5, 0.6) is 0 Å². The Hall–Kier alpha value is -1.72. The van der Waals surface area contributed by atoms with Crippen molar-refractivity contribution in [3.63, 3.8) is 0 Å². The van der Waals surface area contributed by atoms with E-state index in [0.29, 0.717) is 0 Å². The van der Waals surface area contributed by atoms with Gasteiger partial charge in [0.1, 0.15) is 0 Å². The third-order valence-electron chi connectivity index (χ3n) is 2.68. The van der Waals surface area contributed by atoms with Crippen molar-refractivity contribution in [1.82, 2.24) is 14.6 Å². The van der Waals surface area contributed by atoms with Gasteiger partial charge >= 0.3 is 0 Å². The Labute approximate surface area is 105 Å². The van der Waals surface area contributed by atoms with Crippen LogP contribution in [0.3, 0.4) is 0 Å². The molecule has 0 aliphatic heterocycles. The second kappa shape index (κ2) is 3.38. The Morgan fingerprint density at radius 3 is 2.82 bits per heavy atom. The Morgan fingerprint density at radius 1 is 1.00 bits per heavy atom. The van der Waals surface area contributed by atoms with E-state index in [2.05, 4.69) is 44.2 Å². The first-order chi connectivity index (χ1) is 8.43. The highest BCUT2D eigenvalue weighted by molar-refractivity contribution is 7.23. The third-order valence-corrected chi connectivity index (χ3v) is 4.56. The van der Waals surface area contributed by atoms with Gasteiger partial charge in [-0.3, -0.25) is 4.40 Å². The summed E-state index contributed by atoms with van der Waals surface area (Å²) in [6.45, 7) is 0. The number of hydrogen-bond acceptors (Lipinski definition) is 4. The van der Waals surface area contributed by atoms with Gasteiger partial charge < -0.3 is 0 Å². The zero-order valence-electron chi connectivity index (χ0n) is 8.70. The van der Waals surface area contributed by atoms with Gasteiger partial charge in [0, 0.05) is 0 Å². The second-order valence-corrected chi connectivity index (χ2v) is 5.65. The van der Waals surface area contributed by atoms with Crippen molar-refractivity contribution < 1.29 is 0 Å². The van der Waals surface area contributed by atoms with Crippen molar-refractivity contribution in [3.8, 4) is 10.7 Å². The topological polar surface area (TPSA) is 30.2 Å². The van der Waals surface area contributed by atoms with E-state index in [-0.39, 0.29) is 0 Å². The Bertz CT molecular complexity index is 796. The number of hydrogen-bond donors (Lipinski definition) is 0. The van der Waals surface area contributed by atoms with Crippen molar-refractivity contribution in [2.45, 2.75) is 0 Å². The molecular formula is C12H7N3S2. The minimum absolute atomic E-state index is 0.937. The van der Waals surface area contributed by atoms with Gasteiger partial charge in [0.2, 0.25) is 4.96 Å². The molecule has 3 nitrogen and oxygen atoms in total. The largest absolute Gasteiger partial charge is 0.265 e. The van der Waals surface area contributed by atoms with Gasteiger partial charge in [0.05, 0.1) is 15.1 Å². The first-order valence-electron chi connectivity index (χ1n) is 5.20. The van der Waals surface area contributed by atoms with Crippen molar-refractivity contribution >= 4 is 37.9 Å². The summed E-state index contributed by atoms with van der Waals surface area (Å²) in [5.74, 6) is 0.937. The number of benzene rings is 1. The van der Waals surface area contributed by atoms with Crippen LogP contribution in [0, 0.1) is 0 Å². The van der Waals surface area contributed by atoms with E-state index in [4.69, 9.17) is 0 Å². The summed E-state index contributed by atoms with van der Waals surface area (Å²) in [6, 6.07) is 12.4. The maximum absolute atomic E-state index is 4.28. The molecule has 0 saturated carbocycles. The molecule has 0 unspecified atom stereocenters. The second-order valence-electron chi connectivity index (χ2n) is 3.69. The number of thiophene rings is 1. The molecule has 0 atom stereocenters. The van der Waals surface area contributed by atoms with Crippen molar-refractivity contribution in [2.24, 2.45) is 0 Å². The van der Waals surface area contributed by atoms with E-state index in [1.54, 1.807) is 22.7 Å². The Balaban J connectivity index is 2.17. The van der Waals surface area contributed by atoms with Crippen LogP contribution < -0.4 is 0 Å². The lowest BCUT2D eigenvalue weighted by Crippen LogP contribution is -1.84. The number of nitrogens with zero attached hydrogens (tertiary/aromatic N) is 3. The summed E-state index contributed by atoms with van der Waals surface area (Å²) < 4.78 is 3.38. The van der Waals surface area contributed by atoms with Crippen LogP contribution in [-0.2, 0) is 0 Å². The lowest BCUT2D eigenvalue weighted by Gasteiger charge is -1.94. The van der Waals surface area contributed by atoms with Crippen LogP contribution in [0.15, 0.2) is 41.8 Å². The zero-order chi connectivity index (χ0) is 11.2. The average Bonchev–Trinajstić information content (AvgIpc) is 3.04. The molecule has 0 aliphatic carbocycles. The Morgan fingerprint density at radius 2 is 1.94 bits per heavy atom. The number of rotatable bonds is 1. The Kier molecular flexibility index (Phi) is 1.86. The lowest BCUT2D eigenvalue weighted by molar-refractivity contribution is 1.12. The van der Waals surface area contributed by atoms with E-state index in [1.807, 2.05) is 12.1 Å². The molecule has 4 aromatic rings. The summed E-state index contributed by atoms with van der Waals surface area (Å²) in [4.78, 5) is 2.11. The maximum atomic E-state index is 4.28. The smallest absolute Gasteiger partial charge is 0.217 e. The SMILES string of the molecule is c1csc(-c2nnc3sc4ccccc4n23)c1. The molecule has 3 aromatic heterocycles. The van der Waals surface area contributed by atoms with E-state index in [1.165, 1.54) is 10.2 Å². The summed E-state index contributed by atoms with van der Waals surface area (Å²) in [5, 5.41) is 10.6. The van der Waals surface area contributed by atoms with Crippen LogP contribution in [0.25, 0.3) is 25.9 Å². The molecule has 3 heterocycles. The molecule has 0 aliphatic rings. The quantitative estimate of drug-likeness (QED) is 0.521. The molecule has 82 valence electrons. The predicted octanol–water partition coefficient (Wildman–Crippen LogP) is 3.67. The minimum atomic E-state index is 0.937. The van der Waals surface area contributed by atoms with Crippen LogP contribution in [0.2, 0.25) is 0 Å². The summed E-state index contributed by atoms with van der Waals surface area (Å²) in [5.41, 5.74) is 1.18. The standard InChI is InChI=1S/C12H7N3S2/c1-2-5-9-8(4-1)15-11(10-6-3-7-16-10)13-14-12(15)17-9/h1-7H. The van der Waals surface area contributed by atoms with Crippen LogP contribution in [-0.4, -0.2) is 14.6 Å². The highest BCUT2D eigenvalue weighted by Crippen LogP contribution is 2.31. The van der Waals surface area contributed by atoms with Crippen LogP contribution in [0.4, 0.5) is 0 Å². The van der Waals surface area contributed by atoms with Crippen LogP contribution >= 0.6 is 22.7 Å². The van der Waals surface area contributed by atoms with Gasteiger partial charge in [0.15, 0.2) is 5.82 Å². The molecule has 17 heavy (non-hydrogen) atoms. The highest BCUT2D eigenvalue weighted by atomic mass is 32.1. The lowest BCUT2D eigenvalue weighted by atomic mass is 10.3. The first-order valence-corrected chi connectivity index (χ1v) is 6.89. The monoisotopic (exact) mass is 257 g/mol. The van der Waals surface area contributed by atoms with Gasteiger partial charge in [-0.05, 0) is 23.6 Å². The summed E-state index contributed by atoms with van der Waals surface area (Å²) in [7, 11) is 0. The van der Waals surface area contributed by atoms with Gasteiger partial charge in [0.25, 0.3) is 0 Å². The van der Waals surface area contributed by atoms with E-state index < -0.39 is 0 Å². The minimum Gasteiger partial charge on any atom is -0.265 e. The summed E-state index contributed by atoms with van der Waals surface area (Å²) in [6.07, 6.45) is 0. The van der Waals surface area contributed by atoms with Crippen molar-refractivity contribution in [2.75, 3.05) is 0 Å². The molecule has 0 spiro atoms. The van der Waals surface area contributed by atoms with E-state index in [0.717, 1.165) is 15.7 Å². The van der Waals surface area contributed by atoms with Crippen molar-refractivity contribution in [1.29, 1.82) is 0 Å². The molecule has 5 heteroatoms. The molecule has 0 fully saturated rings. The van der Waals surface area contributed by atoms with E-state index >= 15 is 0 Å². The fourth-order valence-electron chi connectivity index (χ4n) is 1.95. The van der Waals surface area contributed by atoms with Crippen molar-refractivity contribution in [3.05, 3.63) is 41.8 Å². The molecule has 0 saturated heterocycles. The van der Waals surface area contributed by atoms with Gasteiger partial charge in [-0.15, -0.1) is 21.5 Å². The number of fused-ring (bicyclic) bond motifs is 3. The summed E-state index contributed by atoms with van der Waals surface area (Å²) >= 11 is 3.36. The normalized spacial score (nSPS) is 11.5. The van der Waals surface area contributed by atoms with E-state index in [9.17, 15) is 0 Å². The fourth-order valence-corrected chi connectivity index (χ4v) is 3.61. The third kappa shape index (κ3) is 1.26. The molecule has 0 N–H and O–H groups in total. The fraction of sp³-hybridized carbons (Fsp3) is 0. The van der Waals surface area contributed by atoms with Gasteiger partial charge in [-0.1, -0.05) is 29.5 Å². The molecule has 0 amide bonds.